The molecule has 0 saturated heterocycles. The van der Waals surface area contributed by atoms with Crippen LogP contribution in [0.25, 0.3) is 0 Å². The zero-order valence-corrected chi connectivity index (χ0v) is 12.2. The number of nitrogens with zero attached hydrogens (tertiary/aromatic N) is 1. The summed E-state index contributed by atoms with van der Waals surface area (Å²) in [6, 6.07) is -0.106. The minimum atomic E-state index is -0.770. The summed E-state index contributed by atoms with van der Waals surface area (Å²) in [6.07, 6.45) is 4.16. The lowest BCUT2D eigenvalue weighted by atomic mass is 10.1. The second kappa shape index (κ2) is 8.56. The van der Waals surface area contributed by atoms with E-state index in [0.29, 0.717) is 19.5 Å². The molecule has 0 fully saturated rings. The van der Waals surface area contributed by atoms with Gasteiger partial charge in [0.25, 0.3) is 0 Å². The average Bonchev–Trinajstić information content (AvgIpc) is 2.28. The minimum absolute atomic E-state index is 0.106. The highest BCUT2D eigenvalue weighted by Gasteiger charge is 2.24. The molecule has 0 aliphatic carbocycles. The number of carbonyl (C=O) groups is 2. The normalized spacial score (nSPS) is 10.9. The summed E-state index contributed by atoms with van der Waals surface area (Å²) < 4.78 is 0. The van der Waals surface area contributed by atoms with Gasteiger partial charge in [-0.2, -0.15) is 0 Å². The van der Waals surface area contributed by atoms with Crippen molar-refractivity contribution in [3.05, 3.63) is 12.7 Å². The molecule has 0 unspecified atom stereocenters. The van der Waals surface area contributed by atoms with Crippen LogP contribution in [0.5, 0.6) is 0 Å². The number of rotatable bonds is 8. The molecule has 19 heavy (non-hydrogen) atoms. The molecule has 2 amide bonds. The van der Waals surface area contributed by atoms with Crippen molar-refractivity contribution in [1.82, 2.24) is 10.2 Å². The molecule has 0 spiro atoms. The van der Waals surface area contributed by atoms with E-state index in [0.717, 1.165) is 12.8 Å². The molecule has 0 rings (SSSR count). The highest BCUT2D eigenvalue weighted by atomic mass is 16.4. The van der Waals surface area contributed by atoms with Gasteiger partial charge in [0.2, 0.25) is 0 Å². The maximum absolute atomic E-state index is 12.0. The minimum Gasteiger partial charge on any atom is -0.481 e. The Morgan fingerprint density at radius 3 is 2.37 bits per heavy atom. The molecular formula is C14H26N2O3. The third-order valence-corrected chi connectivity index (χ3v) is 2.71. The van der Waals surface area contributed by atoms with Crippen LogP contribution in [0.3, 0.4) is 0 Å². The molecule has 110 valence electrons. The summed E-state index contributed by atoms with van der Waals surface area (Å²) in [5.41, 5.74) is -0.248. The third kappa shape index (κ3) is 8.24. The lowest BCUT2D eigenvalue weighted by Gasteiger charge is -2.34. The fourth-order valence-electron chi connectivity index (χ4n) is 1.66. The van der Waals surface area contributed by atoms with Crippen LogP contribution < -0.4 is 5.32 Å². The SMILES string of the molecule is C=CCN(C(=O)NCCCCCC(=O)O)C(C)(C)C. The van der Waals surface area contributed by atoms with Crippen molar-refractivity contribution in [1.29, 1.82) is 0 Å². The van der Waals surface area contributed by atoms with E-state index in [-0.39, 0.29) is 18.0 Å². The predicted molar refractivity (Wildman–Crippen MR) is 76.2 cm³/mol. The summed E-state index contributed by atoms with van der Waals surface area (Å²) >= 11 is 0. The van der Waals surface area contributed by atoms with Crippen molar-refractivity contribution >= 4 is 12.0 Å². The van der Waals surface area contributed by atoms with Crippen molar-refractivity contribution < 1.29 is 14.7 Å². The van der Waals surface area contributed by atoms with E-state index in [1.165, 1.54) is 0 Å². The van der Waals surface area contributed by atoms with Crippen LogP contribution in [0.4, 0.5) is 4.79 Å². The Morgan fingerprint density at radius 2 is 1.89 bits per heavy atom. The Balaban J connectivity index is 3.94. The monoisotopic (exact) mass is 270 g/mol. The first-order valence-electron chi connectivity index (χ1n) is 6.67. The standard InChI is InChI=1S/C14H26N2O3/c1-5-11-16(14(2,3)4)13(19)15-10-8-6-7-9-12(17)18/h5H,1,6-11H2,2-4H3,(H,15,19)(H,17,18). The van der Waals surface area contributed by atoms with E-state index >= 15 is 0 Å². The summed E-state index contributed by atoms with van der Waals surface area (Å²) in [5.74, 6) is -0.770. The molecule has 0 bridgehead atoms. The molecule has 0 saturated carbocycles. The Bertz CT molecular complexity index is 308. The fraction of sp³-hybridized carbons (Fsp3) is 0.714. The van der Waals surface area contributed by atoms with Crippen molar-refractivity contribution in [2.45, 2.75) is 52.0 Å². The molecular weight excluding hydrogens is 244 g/mol. The van der Waals surface area contributed by atoms with Crippen molar-refractivity contribution in [3.8, 4) is 0 Å². The fourth-order valence-corrected chi connectivity index (χ4v) is 1.66. The van der Waals surface area contributed by atoms with Gasteiger partial charge in [0, 0.05) is 25.0 Å². The molecule has 0 aliphatic rings. The van der Waals surface area contributed by atoms with Gasteiger partial charge >= 0.3 is 12.0 Å². The lowest BCUT2D eigenvalue weighted by Crippen LogP contribution is -2.50. The Hall–Kier alpha value is -1.52. The second-order valence-electron chi connectivity index (χ2n) is 5.51. The Labute approximate surface area is 115 Å². The summed E-state index contributed by atoms with van der Waals surface area (Å²) in [6.45, 7) is 10.7. The van der Waals surface area contributed by atoms with E-state index in [1.54, 1.807) is 11.0 Å². The Kier molecular flexibility index (Phi) is 7.87. The first kappa shape index (κ1) is 17.5. The van der Waals surface area contributed by atoms with Gasteiger partial charge in [-0.3, -0.25) is 4.79 Å². The topological polar surface area (TPSA) is 69.6 Å². The Morgan fingerprint density at radius 1 is 1.26 bits per heavy atom. The van der Waals surface area contributed by atoms with Crippen molar-refractivity contribution in [2.75, 3.05) is 13.1 Å². The van der Waals surface area contributed by atoms with Gasteiger partial charge in [-0.25, -0.2) is 4.79 Å². The predicted octanol–water partition coefficient (Wildman–Crippen LogP) is 2.63. The van der Waals surface area contributed by atoms with E-state index in [1.807, 2.05) is 20.8 Å². The van der Waals surface area contributed by atoms with Gasteiger partial charge in [0.05, 0.1) is 0 Å². The maximum Gasteiger partial charge on any atom is 0.318 e. The molecule has 0 heterocycles. The molecule has 2 N–H and O–H groups in total. The maximum atomic E-state index is 12.0. The summed E-state index contributed by atoms with van der Waals surface area (Å²) in [4.78, 5) is 24.0. The molecule has 0 aromatic rings. The van der Waals surface area contributed by atoms with Gasteiger partial charge < -0.3 is 15.3 Å². The molecule has 0 atom stereocenters. The number of nitrogens with one attached hydrogen (secondary N) is 1. The smallest absolute Gasteiger partial charge is 0.318 e. The first-order valence-corrected chi connectivity index (χ1v) is 6.67. The quantitative estimate of drug-likeness (QED) is 0.526. The first-order chi connectivity index (χ1) is 8.79. The van der Waals surface area contributed by atoms with Crippen LogP contribution in [0.2, 0.25) is 0 Å². The van der Waals surface area contributed by atoms with Crippen LogP contribution in [0.15, 0.2) is 12.7 Å². The van der Waals surface area contributed by atoms with Crippen molar-refractivity contribution in [2.24, 2.45) is 0 Å². The van der Waals surface area contributed by atoms with Crippen LogP contribution in [-0.2, 0) is 4.79 Å². The molecule has 0 radical (unpaired) electrons. The summed E-state index contributed by atoms with van der Waals surface area (Å²) in [7, 11) is 0. The molecule has 5 heteroatoms. The van der Waals surface area contributed by atoms with Gasteiger partial charge in [0.1, 0.15) is 0 Å². The highest BCUT2D eigenvalue weighted by molar-refractivity contribution is 5.75. The van der Waals surface area contributed by atoms with Gasteiger partial charge in [-0.15, -0.1) is 6.58 Å². The number of hydrogen-bond acceptors (Lipinski definition) is 2. The number of carboxylic acids is 1. The van der Waals surface area contributed by atoms with E-state index in [2.05, 4.69) is 11.9 Å². The largest absolute Gasteiger partial charge is 0.481 e. The average molecular weight is 270 g/mol. The molecule has 5 nitrogen and oxygen atoms in total. The molecule has 0 aliphatic heterocycles. The van der Waals surface area contributed by atoms with E-state index < -0.39 is 5.97 Å². The van der Waals surface area contributed by atoms with Crippen LogP contribution in [0.1, 0.15) is 46.5 Å². The zero-order chi connectivity index (χ0) is 14.9. The molecule has 0 aromatic heterocycles. The zero-order valence-electron chi connectivity index (χ0n) is 12.2. The number of amides is 2. The number of hydrogen-bond donors (Lipinski definition) is 2. The lowest BCUT2D eigenvalue weighted by molar-refractivity contribution is -0.137. The van der Waals surface area contributed by atoms with Gasteiger partial charge in [0.15, 0.2) is 0 Å². The van der Waals surface area contributed by atoms with E-state index in [9.17, 15) is 9.59 Å². The number of urea groups is 1. The second-order valence-corrected chi connectivity index (χ2v) is 5.51. The number of unbranched alkanes of at least 4 members (excludes halogenated alkanes) is 2. The van der Waals surface area contributed by atoms with Gasteiger partial charge in [-0.05, 0) is 33.6 Å². The van der Waals surface area contributed by atoms with E-state index in [4.69, 9.17) is 5.11 Å². The highest BCUT2D eigenvalue weighted by Crippen LogP contribution is 2.13. The van der Waals surface area contributed by atoms with Gasteiger partial charge in [-0.1, -0.05) is 12.5 Å². The number of aliphatic carboxylic acids is 1. The van der Waals surface area contributed by atoms with Crippen LogP contribution >= 0.6 is 0 Å². The van der Waals surface area contributed by atoms with Crippen LogP contribution in [-0.4, -0.2) is 40.6 Å². The van der Waals surface area contributed by atoms with Crippen molar-refractivity contribution in [3.63, 3.8) is 0 Å². The number of carboxylic acid groups (broad SMARTS) is 1. The van der Waals surface area contributed by atoms with Crippen LogP contribution in [0, 0.1) is 0 Å². The third-order valence-electron chi connectivity index (χ3n) is 2.71. The summed E-state index contributed by atoms with van der Waals surface area (Å²) in [5, 5.41) is 11.3. The molecule has 0 aromatic carbocycles. The number of carbonyl (C=O) groups excluding carboxylic acids is 1.